The molecular weight excluding hydrogens is 296 g/mol. The fraction of sp³-hybridized carbons (Fsp3) is 0.286. The van der Waals surface area contributed by atoms with E-state index in [1.807, 2.05) is 11.4 Å². The Balaban J connectivity index is 2.25. The summed E-state index contributed by atoms with van der Waals surface area (Å²) in [4.78, 5) is 1.01. The number of aliphatic hydroxyl groups is 1. The highest BCUT2D eigenvalue weighted by Crippen LogP contribution is 2.32. The lowest BCUT2D eigenvalue weighted by Crippen LogP contribution is -2.03. The number of aliphatic hydroxyl groups excluding tert-OH is 1. The van der Waals surface area contributed by atoms with Crippen molar-refractivity contribution in [3.05, 3.63) is 55.7 Å². The summed E-state index contributed by atoms with van der Waals surface area (Å²) in [6.07, 6.45) is 0.252. The number of benzene rings is 1. The monoisotopic (exact) mass is 310 g/mol. The number of thiophene rings is 1. The van der Waals surface area contributed by atoms with Gasteiger partial charge in [0, 0.05) is 15.8 Å². The fourth-order valence-corrected chi connectivity index (χ4v) is 3.62. The van der Waals surface area contributed by atoms with Crippen molar-refractivity contribution in [2.45, 2.75) is 26.4 Å². The van der Waals surface area contributed by atoms with Gasteiger partial charge in [-0.25, -0.2) is 0 Å². The van der Waals surface area contributed by atoms with Crippen LogP contribution in [-0.2, 0) is 6.42 Å². The molecule has 0 aliphatic heterocycles. The van der Waals surface area contributed by atoms with Crippen LogP contribution in [-0.4, -0.2) is 5.11 Å². The smallest absolute Gasteiger partial charge is 0.0933 e. The summed E-state index contributed by atoms with van der Waals surface area (Å²) in [6.45, 7) is 4.19. The molecule has 2 aromatic rings. The van der Waals surface area contributed by atoms with Gasteiger partial charge in [0.15, 0.2) is 0 Å². The number of hydrogen-bond acceptors (Lipinski definition) is 2. The maximum absolute atomic E-state index is 10.3. The molecule has 0 spiro atoms. The van der Waals surface area contributed by atoms with Gasteiger partial charge in [0.1, 0.15) is 0 Å². The van der Waals surface area contributed by atoms with Crippen LogP contribution in [0.15, 0.2) is 34.1 Å². The van der Waals surface area contributed by atoms with Crippen LogP contribution >= 0.6 is 27.3 Å². The first-order chi connectivity index (χ1) is 8.09. The molecule has 1 atom stereocenters. The van der Waals surface area contributed by atoms with Crippen LogP contribution in [0.5, 0.6) is 0 Å². The van der Waals surface area contributed by atoms with E-state index in [-0.39, 0.29) is 0 Å². The quantitative estimate of drug-likeness (QED) is 0.890. The first-order valence-corrected chi connectivity index (χ1v) is 7.23. The first-order valence-electron chi connectivity index (χ1n) is 5.55. The minimum atomic E-state index is -0.427. The molecule has 1 unspecified atom stereocenters. The molecule has 17 heavy (non-hydrogen) atoms. The minimum absolute atomic E-state index is 0.427. The van der Waals surface area contributed by atoms with E-state index in [1.54, 1.807) is 11.3 Å². The van der Waals surface area contributed by atoms with Gasteiger partial charge in [-0.3, -0.25) is 0 Å². The molecule has 1 aromatic carbocycles. The van der Waals surface area contributed by atoms with Crippen LogP contribution in [0.25, 0.3) is 0 Å². The van der Waals surface area contributed by atoms with E-state index in [2.05, 4.69) is 48.0 Å². The Morgan fingerprint density at radius 1 is 1.24 bits per heavy atom. The zero-order valence-corrected chi connectivity index (χ0v) is 12.3. The summed E-state index contributed by atoms with van der Waals surface area (Å²) in [5.41, 5.74) is 3.74. The molecule has 1 aromatic heterocycles. The molecule has 0 aliphatic carbocycles. The lowest BCUT2D eigenvalue weighted by molar-refractivity contribution is 0.181. The summed E-state index contributed by atoms with van der Waals surface area (Å²) >= 11 is 5.06. The Labute approximate surface area is 114 Å². The molecule has 0 fully saturated rings. The highest BCUT2D eigenvalue weighted by molar-refractivity contribution is 9.10. The van der Waals surface area contributed by atoms with Crippen LogP contribution in [0.4, 0.5) is 0 Å². The maximum atomic E-state index is 10.3. The number of rotatable bonds is 3. The van der Waals surface area contributed by atoms with Gasteiger partial charge in [-0.05, 0) is 57.9 Å². The zero-order chi connectivity index (χ0) is 12.4. The summed E-state index contributed by atoms with van der Waals surface area (Å²) in [7, 11) is 0. The first kappa shape index (κ1) is 12.8. The van der Waals surface area contributed by atoms with Crippen molar-refractivity contribution in [1.82, 2.24) is 0 Å². The Hall–Kier alpha value is -0.640. The molecule has 0 saturated carbocycles. The average molecular weight is 311 g/mol. The highest BCUT2D eigenvalue weighted by atomic mass is 79.9. The van der Waals surface area contributed by atoms with Crippen molar-refractivity contribution in [2.24, 2.45) is 0 Å². The fourth-order valence-electron chi connectivity index (χ4n) is 2.00. The van der Waals surface area contributed by atoms with E-state index in [0.29, 0.717) is 6.42 Å². The zero-order valence-electron chi connectivity index (χ0n) is 9.90. The second-order valence-corrected chi connectivity index (χ2v) is 6.03. The maximum Gasteiger partial charge on any atom is 0.0933 e. The van der Waals surface area contributed by atoms with Gasteiger partial charge in [0.2, 0.25) is 0 Å². The summed E-state index contributed by atoms with van der Waals surface area (Å²) in [5, 5.41) is 12.3. The van der Waals surface area contributed by atoms with Crippen LogP contribution < -0.4 is 0 Å². The van der Waals surface area contributed by atoms with Gasteiger partial charge in [-0.1, -0.05) is 18.2 Å². The molecule has 3 heteroatoms. The van der Waals surface area contributed by atoms with E-state index in [1.165, 1.54) is 16.7 Å². The standard InChI is InChI=1S/C14H15BrOS/c1-9-4-3-5-10(2)11(9)8-13(16)14-12(15)6-7-17-14/h3-7,13,16H,8H2,1-2H3. The highest BCUT2D eigenvalue weighted by Gasteiger charge is 2.15. The lowest BCUT2D eigenvalue weighted by atomic mass is 9.97. The molecule has 0 bridgehead atoms. The van der Waals surface area contributed by atoms with Crippen LogP contribution in [0.3, 0.4) is 0 Å². The number of aryl methyl sites for hydroxylation is 2. The van der Waals surface area contributed by atoms with Crippen molar-refractivity contribution in [3.8, 4) is 0 Å². The second-order valence-electron chi connectivity index (χ2n) is 4.22. The van der Waals surface area contributed by atoms with Crippen LogP contribution in [0, 0.1) is 13.8 Å². The third-order valence-corrected chi connectivity index (χ3v) is 4.96. The molecule has 0 aliphatic rings. The Bertz CT molecular complexity index is 498. The Morgan fingerprint density at radius 3 is 2.41 bits per heavy atom. The van der Waals surface area contributed by atoms with Gasteiger partial charge >= 0.3 is 0 Å². The van der Waals surface area contributed by atoms with Crippen molar-refractivity contribution >= 4 is 27.3 Å². The molecule has 0 saturated heterocycles. The summed E-state index contributed by atoms with van der Waals surface area (Å²) < 4.78 is 1.00. The lowest BCUT2D eigenvalue weighted by Gasteiger charge is -2.14. The SMILES string of the molecule is Cc1cccc(C)c1CC(O)c1sccc1Br. The van der Waals surface area contributed by atoms with E-state index >= 15 is 0 Å². The van der Waals surface area contributed by atoms with E-state index in [9.17, 15) is 5.11 Å². The topological polar surface area (TPSA) is 20.2 Å². The molecule has 90 valence electrons. The van der Waals surface area contributed by atoms with Gasteiger partial charge < -0.3 is 5.11 Å². The number of halogens is 1. The molecular formula is C14H15BrOS. The van der Waals surface area contributed by atoms with Gasteiger partial charge in [-0.15, -0.1) is 11.3 Å². The Kier molecular flexibility index (Phi) is 4.02. The van der Waals surface area contributed by atoms with E-state index in [0.717, 1.165) is 9.35 Å². The average Bonchev–Trinajstić information content (AvgIpc) is 2.70. The predicted molar refractivity (Wildman–Crippen MR) is 76.6 cm³/mol. The van der Waals surface area contributed by atoms with Crippen molar-refractivity contribution in [3.63, 3.8) is 0 Å². The third kappa shape index (κ3) is 2.79. The van der Waals surface area contributed by atoms with Gasteiger partial charge in [0.25, 0.3) is 0 Å². The predicted octanol–water partition coefficient (Wildman–Crippen LogP) is 4.40. The number of hydrogen-bond donors (Lipinski definition) is 1. The molecule has 1 N–H and O–H groups in total. The van der Waals surface area contributed by atoms with Crippen LogP contribution in [0.2, 0.25) is 0 Å². The van der Waals surface area contributed by atoms with E-state index in [4.69, 9.17) is 0 Å². The van der Waals surface area contributed by atoms with Crippen molar-refractivity contribution in [1.29, 1.82) is 0 Å². The second kappa shape index (κ2) is 5.34. The van der Waals surface area contributed by atoms with E-state index < -0.39 is 6.10 Å². The molecule has 0 radical (unpaired) electrons. The Morgan fingerprint density at radius 2 is 1.88 bits per heavy atom. The minimum Gasteiger partial charge on any atom is -0.387 e. The van der Waals surface area contributed by atoms with Gasteiger partial charge in [0.05, 0.1) is 6.10 Å². The van der Waals surface area contributed by atoms with Gasteiger partial charge in [-0.2, -0.15) is 0 Å². The van der Waals surface area contributed by atoms with Crippen molar-refractivity contribution < 1.29 is 5.11 Å². The molecule has 2 rings (SSSR count). The molecule has 1 nitrogen and oxygen atoms in total. The van der Waals surface area contributed by atoms with Crippen molar-refractivity contribution in [2.75, 3.05) is 0 Å². The largest absolute Gasteiger partial charge is 0.387 e. The normalized spacial score (nSPS) is 12.7. The molecule has 0 amide bonds. The summed E-state index contributed by atoms with van der Waals surface area (Å²) in [5.74, 6) is 0. The summed E-state index contributed by atoms with van der Waals surface area (Å²) in [6, 6.07) is 8.23. The van der Waals surface area contributed by atoms with Crippen LogP contribution in [0.1, 0.15) is 27.7 Å². The third-order valence-electron chi connectivity index (χ3n) is 2.99. The molecule has 1 heterocycles.